The number of methoxy groups -OCH3 is 1. The minimum Gasteiger partial charge on any atom is -0.383 e. The summed E-state index contributed by atoms with van der Waals surface area (Å²) in [5.41, 5.74) is 2.06. The lowest BCUT2D eigenvalue weighted by molar-refractivity contribution is -0.124. The lowest BCUT2D eigenvalue weighted by Crippen LogP contribution is -2.39. The monoisotopic (exact) mass is 415 g/mol. The van der Waals surface area contributed by atoms with E-state index in [4.69, 9.17) is 16.3 Å². The minimum absolute atomic E-state index is 0.153. The predicted octanol–water partition coefficient (Wildman–Crippen LogP) is 3.46. The lowest BCUT2D eigenvalue weighted by atomic mass is 10.1. The highest BCUT2D eigenvalue weighted by atomic mass is 35.5. The first-order chi connectivity index (χ1) is 13.9. The standard InChI is InChI=1S/C21H22ClN3O4/c1-14-3-9-17(10-4-14)25-20(27)18(24(21(25)28)11-12-29-2)13-19(26)23-16-7-5-15(22)6-8-16/h3-10,18H,11-13H2,1-2H3,(H,23,26)/t18-/m0/s1. The average molecular weight is 416 g/mol. The van der Waals surface area contributed by atoms with Crippen LogP contribution in [0.3, 0.4) is 0 Å². The fourth-order valence-electron chi connectivity index (χ4n) is 3.13. The Kier molecular flexibility index (Phi) is 6.51. The summed E-state index contributed by atoms with van der Waals surface area (Å²) in [6.45, 7) is 2.39. The van der Waals surface area contributed by atoms with E-state index in [9.17, 15) is 14.4 Å². The molecular formula is C21H22ClN3O4. The number of amides is 4. The van der Waals surface area contributed by atoms with Gasteiger partial charge in [-0.1, -0.05) is 29.3 Å². The maximum atomic E-state index is 13.0. The van der Waals surface area contributed by atoms with Crippen LogP contribution in [0.1, 0.15) is 12.0 Å². The molecule has 0 radical (unpaired) electrons. The number of aryl methyl sites for hydroxylation is 1. The SMILES string of the molecule is COCCN1C(=O)N(c2ccc(C)cc2)C(=O)[C@@H]1CC(=O)Nc1ccc(Cl)cc1. The van der Waals surface area contributed by atoms with Gasteiger partial charge in [-0.15, -0.1) is 0 Å². The van der Waals surface area contributed by atoms with Crippen LogP contribution >= 0.6 is 11.6 Å². The van der Waals surface area contributed by atoms with Crippen LogP contribution in [0.25, 0.3) is 0 Å². The summed E-state index contributed by atoms with van der Waals surface area (Å²) in [4.78, 5) is 41.0. The first kappa shape index (κ1) is 20.8. The molecule has 7 nitrogen and oxygen atoms in total. The Morgan fingerprint density at radius 3 is 2.38 bits per heavy atom. The molecule has 0 unspecified atom stereocenters. The molecule has 3 rings (SSSR count). The first-order valence-corrected chi connectivity index (χ1v) is 9.54. The molecule has 0 saturated carbocycles. The third-order valence-electron chi connectivity index (χ3n) is 4.65. The van der Waals surface area contributed by atoms with Crippen molar-refractivity contribution in [1.82, 2.24) is 4.90 Å². The van der Waals surface area contributed by atoms with Crippen LogP contribution in [0.15, 0.2) is 48.5 Å². The maximum absolute atomic E-state index is 13.0. The second kappa shape index (κ2) is 9.07. The third-order valence-corrected chi connectivity index (χ3v) is 4.91. The summed E-state index contributed by atoms with van der Waals surface area (Å²) < 4.78 is 5.07. The number of rotatable bonds is 7. The summed E-state index contributed by atoms with van der Waals surface area (Å²) in [5, 5.41) is 3.29. The molecule has 0 aliphatic carbocycles. The molecule has 1 N–H and O–H groups in total. The van der Waals surface area contributed by atoms with Crippen molar-refractivity contribution in [1.29, 1.82) is 0 Å². The van der Waals surface area contributed by atoms with Crippen molar-refractivity contribution >= 4 is 40.8 Å². The van der Waals surface area contributed by atoms with Crippen molar-refractivity contribution in [3.63, 3.8) is 0 Å². The minimum atomic E-state index is -0.897. The molecule has 1 aliphatic heterocycles. The molecule has 0 spiro atoms. The normalized spacial score (nSPS) is 16.4. The highest BCUT2D eigenvalue weighted by Crippen LogP contribution is 2.27. The summed E-state index contributed by atoms with van der Waals surface area (Å²) in [6.07, 6.45) is -0.153. The molecule has 1 fully saturated rings. The Morgan fingerprint density at radius 2 is 1.76 bits per heavy atom. The second-order valence-electron chi connectivity index (χ2n) is 6.75. The quantitative estimate of drug-likeness (QED) is 0.702. The number of urea groups is 1. The van der Waals surface area contributed by atoms with Crippen LogP contribution in [0.5, 0.6) is 0 Å². The molecule has 152 valence electrons. The maximum Gasteiger partial charge on any atom is 0.332 e. The van der Waals surface area contributed by atoms with E-state index in [1.54, 1.807) is 36.4 Å². The Balaban J connectivity index is 1.79. The van der Waals surface area contributed by atoms with Gasteiger partial charge in [-0.25, -0.2) is 9.69 Å². The number of anilines is 2. The van der Waals surface area contributed by atoms with Crippen LogP contribution in [0.4, 0.5) is 16.2 Å². The summed E-state index contributed by atoms with van der Waals surface area (Å²) >= 11 is 5.85. The molecule has 0 bridgehead atoms. The third kappa shape index (κ3) is 4.75. The molecule has 1 aliphatic rings. The topological polar surface area (TPSA) is 79.0 Å². The van der Waals surface area contributed by atoms with E-state index in [2.05, 4.69) is 5.32 Å². The van der Waals surface area contributed by atoms with Gasteiger partial charge in [-0.05, 0) is 43.3 Å². The zero-order chi connectivity index (χ0) is 21.0. The van der Waals surface area contributed by atoms with Gasteiger partial charge in [-0.2, -0.15) is 0 Å². The van der Waals surface area contributed by atoms with E-state index in [0.29, 0.717) is 16.4 Å². The Bertz CT molecular complexity index is 899. The number of nitrogens with one attached hydrogen (secondary N) is 1. The van der Waals surface area contributed by atoms with Crippen LogP contribution < -0.4 is 10.2 Å². The number of imide groups is 1. The molecule has 1 atom stereocenters. The number of carbonyl (C=O) groups is 3. The Labute approximate surface area is 174 Å². The molecular weight excluding hydrogens is 394 g/mol. The van der Waals surface area contributed by atoms with Crippen molar-refractivity contribution in [2.24, 2.45) is 0 Å². The summed E-state index contributed by atoms with van der Waals surface area (Å²) in [6, 6.07) is 12.4. The van der Waals surface area contributed by atoms with Crippen molar-refractivity contribution in [2.45, 2.75) is 19.4 Å². The zero-order valence-corrected chi connectivity index (χ0v) is 17.0. The van der Waals surface area contributed by atoms with Crippen molar-refractivity contribution < 1.29 is 19.1 Å². The predicted molar refractivity (Wildman–Crippen MR) is 111 cm³/mol. The fraction of sp³-hybridized carbons (Fsp3) is 0.286. The summed E-state index contributed by atoms with van der Waals surface area (Å²) in [5.74, 6) is -0.798. The number of hydrogen-bond donors (Lipinski definition) is 1. The molecule has 2 aromatic carbocycles. The van der Waals surface area contributed by atoms with Crippen LogP contribution in [0.2, 0.25) is 5.02 Å². The van der Waals surface area contributed by atoms with Gasteiger partial charge < -0.3 is 15.0 Å². The largest absolute Gasteiger partial charge is 0.383 e. The smallest absolute Gasteiger partial charge is 0.332 e. The summed E-state index contributed by atoms with van der Waals surface area (Å²) in [7, 11) is 1.52. The van der Waals surface area contributed by atoms with E-state index in [1.807, 2.05) is 19.1 Å². The van der Waals surface area contributed by atoms with Gasteiger partial charge in [0.1, 0.15) is 6.04 Å². The number of ether oxygens (including phenoxy) is 1. The molecule has 8 heteroatoms. The van der Waals surface area contributed by atoms with Gasteiger partial charge >= 0.3 is 6.03 Å². The van der Waals surface area contributed by atoms with Crippen molar-refractivity contribution in [3.05, 3.63) is 59.1 Å². The van der Waals surface area contributed by atoms with Gasteiger partial charge in [0.05, 0.1) is 18.7 Å². The van der Waals surface area contributed by atoms with Gasteiger partial charge in [-0.3, -0.25) is 9.59 Å². The Hall–Kier alpha value is -2.90. The molecule has 1 saturated heterocycles. The molecule has 0 aromatic heterocycles. The van der Waals surface area contributed by atoms with Gasteiger partial charge in [0.25, 0.3) is 5.91 Å². The van der Waals surface area contributed by atoms with E-state index >= 15 is 0 Å². The van der Waals surface area contributed by atoms with Gasteiger partial charge in [0, 0.05) is 24.4 Å². The molecule has 1 heterocycles. The number of benzene rings is 2. The molecule has 29 heavy (non-hydrogen) atoms. The Morgan fingerprint density at radius 1 is 1.10 bits per heavy atom. The number of nitrogens with zero attached hydrogens (tertiary/aromatic N) is 2. The first-order valence-electron chi connectivity index (χ1n) is 9.16. The lowest BCUT2D eigenvalue weighted by Gasteiger charge is -2.21. The van der Waals surface area contributed by atoms with Crippen LogP contribution in [0, 0.1) is 6.92 Å². The van der Waals surface area contributed by atoms with Gasteiger partial charge in [0.15, 0.2) is 0 Å². The average Bonchev–Trinajstić information content (AvgIpc) is 2.92. The van der Waals surface area contributed by atoms with Gasteiger partial charge in [0.2, 0.25) is 5.91 Å². The van der Waals surface area contributed by atoms with E-state index in [0.717, 1.165) is 10.5 Å². The van der Waals surface area contributed by atoms with Crippen molar-refractivity contribution in [2.75, 3.05) is 30.5 Å². The fourth-order valence-corrected chi connectivity index (χ4v) is 3.26. The highest BCUT2D eigenvalue weighted by molar-refractivity contribution is 6.30. The van der Waals surface area contributed by atoms with E-state index < -0.39 is 18.0 Å². The van der Waals surface area contributed by atoms with Crippen molar-refractivity contribution in [3.8, 4) is 0 Å². The zero-order valence-electron chi connectivity index (χ0n) is 16.2. The van der Waals surface area contributed by atoms with Crippen LogP contribution in [-0.2, 0) is 14.3 Å². The van der Waals surface area contributed by atoms with E-state index in [1.165, 1.54) is 12.0 Å². The highest BCUT2D eigenvalue weighted by Gasteiger charge is 2.46. The van der Waals surface area contributed by atoms with Crippen LogP contribution in [-0.4, -0.2) is 49.0 Å². The number of hydrogen-bond acceptors (Lipinski definition) is 4. The number of carbonyl (C=O) groups excluding carboxylic acids is 3. The second-order valence-corrected chi connectivity index (χ2v) is 7.19. The molecule has 4 amide bonds. The van der Waals surface area contributed by atoms with E-state index in [-0.39, 0.29) is 25.5 Å². The number of halogens is 1. The molecule has 2 aromatic rings.